The summed E-state index contributed by atoms with van der Waals surface area (Å²) in [6, 6.07) is 0. The minimum atomic E-state index is -0.275. The summed E-state index contributed by atoms with van der Waals surface area (Å²) in [5.74, 6) is -0.477. The fourth-order valence-corrected chi connectivity index (χ4v) is 1.89. The zero-order valence-corrected chi connectivity index (χ0v) is 10.2. The topological polar surface area (TPSA) is 49.9 Å². The quantitative estimate of drug-likeness (QED) is 0.620. The number of ether oxygens (including phenoxy) is 1. The van der Waals surface area contributed by atoms with Crippen LogP contribution in [-0.4, -0.2) is 62.5 Å². The van der Waals surface area contributed by atoms with Gasteiger partial charge in [0.15, 0.2) is 0 Å². The van der Waals surface area contributed by atoms with Crippen molar-refractivity contribution in [2.75, 3.05) is 40.8 Å². The predicted octanol–water partition coefficient (Wildman–Crippen LogP) is -0.0404. The largest absolute Gasteiger partial charge is 0.469 e. The molecule has 1 amide bonds. The molecule has 1 aliphatic heterocycles. The van der Waals surface area contributed by atoms with E-state index in [-0.39, 0.29) is 17.8 Å². The van der Waals surface area contributed by atoms with E-state index in [2.05, 4.69) is 9.64 Å². The van der Waals surface area contributed by atoms with Crippen molar-refractivity contribution >= 4 is 11.9 Å². The molecule has 1 rings (SSSR count). The van der Waals surface area contributed by atoms with Gasteiger partial charge in [0.1, 0.15) is 0 Å². The zero-order valence-electron chi connectivity index (χ0n) is 10.2. The van der Waals surface area contributed by atoms with Crippen molar-refractivity contribution in [1.29, 1.82) is 0 Å². The Morgan fingerprint density at radius 2 is 2.25 bits per heavy atom. The Hall–Kier alpha value is -1.10. The van der Waals surface area contributed by atoms with Gasteiger partial charge in [-0.15, -0.1) is 0 Å². The van der Waals surface area contributed by atoms with E-state index in [9.17, 15) is 9.59 Å². The second-order valence-electron chi connectivity index (χ2n) is 4.42. The smallest absolute Gasteiger partial charge is 0.310 e. The van der Waals surface area contributed by atoms with Gasteiger partial charge in [-0.05, 0) is 27.1 Å². The number of carbonyl (C=O) groups is 2. The Morgan fingerprint density at radius 1 is 1.56 bits per heavy atom. The monoisotopic (exact) mass is 228 g/mol. The predicted molar refractivity (Wildman–Crippen MR) is 59.9 cm³/mol. The standard InChI is InChI=1S/C11H20N2O3/c1-12(2)5-4-6-13-8-9(7-10(13)14)11(15)16-3/h9H,4-8H2,1-3H3/t9-/m0/s1. The molecule has 0 aliphatic carbocycles. The third kappa shape index (κ3) is 3.48. The first-order chi connectivity index (χ1) is 7.54. The number of hydrogen-bond donors (Lipinski definition) is 0. The lowest BCUT2D eigenvalue weighted by molar-refractivity contribution is -0.145. The molecule has 0 aromatic carbocycles. The molecule has 1 fully saturated rings. The van der Waals surface area contributed by atoms with E-state index in [0.29, 0.717) is 13.0 Å². The molecule has 0 aromatic heterocycles. The molecular weight excluding hydrogens is 208 g/mol. The first-order valence-corrected chi connectivity index (χ1v) is 5.55. The molecule has 1 aliphatic rings. The van der Waals surface area contributed by atoms with Crippen LogP contribution in [0.15, 0.2) is 0 Å². The maximum absolute atomic E-state index is 11.6. The van der Waals surface area contributed by atoms with Crippen LogP contribution in [0.2, 0.25) is 0 Å². The molecular formula is C11H20N2O3. The van der Waals surface area contributed by atoms with Crippen LogP contribution in [0.25, 0.3) is 0 Å². The second kappa shape index (κ2) is 5.84. The number of amides is 1. The highest BCUT2D eigenvalue weighted by molar-refractivity contribution is 5.86. The number of methoxy groups -OCH3 is 1. The Bertz CT molecular complexity index is 266. The van der Waals surface area contributed by atoms with Crippen molar-refractivity contribution in [3.05, 3.63) is 0 Å². The van der Waals surface area contributed by atoms with E-state index in [1.165, 1.54) is 7.11 Å². The van der Waals surface area contributed by atoms with E-state index in [4.69, 9.17) is 0 Å². The molecule has 0 N–H and O–H groups in total. The third-order valence-electron chi connectivity index (χ3n) is 2.78. The maximum atomic E-state index is 11.6. The molecule has 16 heavy (non-hydrogen) atoms. The molecule has 1 saturated heterocycles. The molecule has 0 unspecified atom stereocenters. The fourth-order valence-electron chi connectivity index (χ4n) is 1.89. The highest BCUT2D eigenvalue weighted by Crippen LogP contribution is 2.18. The maximum Gasteiger partial charge on any atom is 0.310 e. The molecule has 0 saturated carbocycles. The average molecular weight is 228 g/mol. The van der Waals surface area contributed by atoms with Gasteiger partial charge in [-0.2, -0.15) is 0 Å². The fraction of sp³-hybridized carbons (Fsp3) is 0.818. The summed E-state index contributed by atoms with van der Waals surface area (Å²) in [6.45, 7) is 2.19. The minimum Gasteiger partial charge on any atom is -0.469 e. The lowest BCUT2D eigenvalue weighted by Gasteiger charge is -2.17. The Morgan fingerprint density at radius 3 is 2.81 bits per heavy atom. The number of nitrogens with zero attached hydrogens (tertiary/aromatic N) is 2. The number of esters is 1. The van der Waals surface area contributed by atoms with Gasteiger partial charge in [0.2, 0.25) is 5.91 Å². The summed E-state index contributed by atoms with van der Waals surface area (Å²) >= 11 is 0. The molecule has 0 aromatic rings. The molecule has 0 bridgehead atoms. The van der Waals surface area contributed by atoms with Crippen molar-refractivity contribution in [3.8, 4) is 0 Å². The van der Waals surface area contributed by atoms with Gasteiger partial charge in [0, 0.05) is 19.5 Å². The molecule has 1 atom stereocenters. The molecule has 5 nitrogen and oxygen atoms in total. The SMILES string of the molecule is COC(=O)[C@H]1CC(=O)N(CCCN(C)C)C1. The normalized spacial score (nSPS) is 20.6. The Labute approximate surface area is 96.3 Å². The average Bonchev–Trinajstić information content (AvgIpc) is 2.59. The van der Waals surface area contributed by atoms with E-state index in [1.54, 1.807) is 4.90 Å². The molecule has 92 valence electrons. The lowest BCUT2D eigenvalue weighted by Crippen LogP contribution is -2.29. The summed E-state index contributed by atoms with van der Waals surface area (Å²) in [4.78, 5) is 26.7. The molecule has 1 heterocycles. The van der Waals surface area contributed by atoms with Gasteiger partial charge in [-0.3, -0.25) is 9.59 Å². The first-order valence-electron chi connectivity index (χ1n) is 5.55. The Kier molecular flexibility index (Phi) is 4.73. The van der Waals surface area contributed by atoms with Crippen molar-refractivity contribution in [2.45, 2.75) is 12.8 Å². The van der Waals surface area contributed by atoms with Crippen molar-refractivity contribution in [3.63, 3.8) is 0 Å². The van der Waals surface area contributed by atoms with Gasteiger partial charge in [0.25, 0.3) is 0 Å². The number of likely N-dealkylation sites (tertiary alicyclic amines) is 1. The van der Waals surface area contributed by atoms with E-state index < -0.39 is 0 Å². The third-order valence-corrected chi connectivity index (χ3v) is 2.78. The number of hydrogen-bond acceptors (Lipinski definition) is 4. The second-order valence-corrected chi connectivity index (χ2v) is 4.42. The van der Waals surface area contributed by atoms with Crippen molar-refractivity contribution in [1.82, 2.24) is 9.80 Å². The summed E-state index contributed by atoms with van der Waals surface area (Å²) in [7, 11) is 5.37. The summed E-state index contributed by atoms with van der Waals surface area (Å²) in [5, 5.41) is 0. The van der Waals surface area contributed by atoms with E-state index in [1.807, 2.05) is 14.1 Å². The molecule has 5 heteroatoms. The van der Waals surface area contributed by atoms with Crippen LogP contribution in [-0.2, 0) is 14.3 Å². The lowest BCUT2D eigenvalue weighted by atomic mass is 10.1. The van der Waals surface area contributed by atoms with Gasteiger partial charge in [-0.25, -0.2) is 0 Å². The first kappa shape index (κ1) is 13.0. The highest BCUT2D eigenvalue weighted by Gasteiger charge is 2.34. The van der Waals surface area contributed by atoms with Crippen LogP contribution in [0, 0.1) is 5.92 Å². The molecule has 0 spiro atoms. The summed E-state index contributed by atoms with van der Waals surface area (Å²) < 4.78 is 4.65. The van der Waals surface area contributed by atoms with Gasteiger partial charge >= 0.3 is 5.97 Å². The molecule has 0 radical (unpaired) electrons. The van der Waals surface area contributed by atoms with E-state index >= 15 is 0 Å². The van der Waals surface area contributed by atoms with Crippen molar-refractivity contribution in [2.24, 2.45) is 5.92 Å². The van der Waals surface area contributed by atoms with Crippen LogP contribution in [0.5, 0.6) is 0 Å². The van der Waals surface area contributed by atoms with Crippen LogP contribution in [0.1, 0.15) is 12.8 Å². The van der Waals surface area contributed by atoms with Crippen molar-refractivity contribution < 1.29 is 14.3 Å². The van der Waals surface area contributed by atoms with Gasteiger partial charge in [0.05, 0.1) is 13.0 Å². The van der Waals surface area contributed by atoms with Crippen LogP contribution < -0.4 is 0 Å². The van der Waals surface area contributed by atoms with E-state index in [0.717, 1.165) is 19.5 Å². The minimum absolute atomic E-state index is 0.0640. The van der Waals surface area contributed by atoms with Gasteiger partial charge in [-0.1, -0.05) is 0 Å². The highest BCUT2D eigenvalue weighted by atomic mass is 16.5. The summed E-state index contributed by atoms with van der Waals surface area (Å²) in [5.41, 5.74) is 0. The van der Waals surface area contributed by atoms with Gasteiger partial charge < -0.3 is 14.5 Å². The van der Waals surface area contributed by atoms with Crippen LogP contribution in [0.3, 0.4) is 0 Å². The Balaban J connectivity index is 2.34. The zero-order chi connectivity index (χ0) is 12.1. The van der Waals surface area contributed by atoms with Crippen LogP contribution in [0.4, 0.5) is 0 Å². The summed E-state index contributed by atoms with van der Waals surface area (Å²) in [6.07, 6.45) is 1.24. The number of rotatable bonds is 5. The van der Waals surface area contributed by atoms with Crippen LogP contribution >= 0.6 is 0 Å². The number of carbonyl (C=O) groups excluding carboxylic acids is 2.